The molecule has 1 heterocycles. The van der Waals surface area contributed by atoms with Gasteiger partial charge in [-0.05, 0) is 45.8 Å². The van der Waals surface area contributed by atoms with Gasteiger partial charge in [0.05, 0.1) is 12.7 Å². The maximum atomic E-state index is 12.8. The Hall–Kier alpha value is -2.43. The van der Waals surface area contributed by atoms with E-state index in [1.165, 1.54) is 12.7 Å². The molecule has 0 N–H and O–H groups in total. The molecule has 2 rings (SSSR count). The number of hydrogen-bond donors (Lipinski definition) is 0. The molecule has 0 fully saturated rings. The van der Waals surface area contributed by atoms with E-state index in [2.05, 4.69) is 6.08 Å². The summed E-state index contributed by atoms with van der Waals surface area (Å²) in [6.07, 6.45) is 6.93. The van der Waals surface area contributed by atoms with Crippen molar-refractivity contribution in [3.05, 3.63) is 46.5 Å². The third kappa shape index (κ3) is 3.71. The Kier molecular flexibility index (Phi) is 5.69. The zero-order valence-electron chi connectivity index (χ0n) is 16.3. The number of ether oxygens (including phenoxy) is 2. The van der Waals surface area contributed by atoms with Gasteiger partial charge in [0.2, 0.25) is 5.78 Å². The smallest absolute Gasteiger partial charge is 0.263 e. The van der Waals surface area contributed by atoms with Crippen LogP contribution in [0.25, 0.3) is 0 Å². The highest BCUT2D eigenvalue weighted by Gasteiger charge is 2.43. The summed E-state index contributed by atoms with van der Waals surface area (Å²) in [6, 6.07) is 0. The standard InChI is InChI=1S/C21H26O5/c1-12(2)8-7-10-21(5)11-9-14-17(23)15(16(22)13(3)4)20(25-6)18(24)19(14)26-21/h8-9,11,13H,7,10H2,1-6H3/t21-/m1/s1. The lowest BCUT2D eigenvalue weighted by molar-refractivity contribution is -0.127. The van der Waals surface area contributed by atoms with Crippen LogP contribution in [0.1, 0.15) is 47.5 Å². The van der Waals surface area contributed by atoms with Gasteiger partial charge in [0.1, 0.15) is 11.2 Å². The highest BCUT2D eigenvalue weighted by Crippen LogP contribution is 2.37. The van der Waals surface area contributed by atoms with Crippen LogP contribution in [0.15, 0.2) is 46.5 Å². The third-order valence-corrected chi connectivity index (χ3v) is 4.46. The Labute approximate surface area is 154 Å². The second-order valence-electron chi connectivity index (χ2n) is 7.40. The Morgan fingerprint density at radius 1 is 1.27 bits per heavy atom. The second kappa shape index (κ2) is 7.44. The largest absolute Gasteiger partial charge is 0.492 e. The summed E-state index contributed by atoms with van der Waals surface area (Å²) >= 11 is 0. The number of Topliss-reactive ketones (excluding diaryl/α,β-unsaturated/α-hetero) is 3. The van der Waals surface area contributed by atoms with Gasteiger partial charge in [-0.15, -0.1) is 0 Å². The minimum absolute atomic E-state index is 0.0330. The van der Waals surface area contributed by atoms with E-state index in [-0.39, 0.29) is 22.7 Å². The van der Waals surface area contributed by atoms with E-state index in [4.69, 9.17) is 9.47 Å². The van der Waals surface area contributed by atoms with E-state index in [0.717, 1.165) is 6.42 Å². The number of hydrogen-bond acceptors (Lipinski definition) is 5. The molecule has 0 aromatic heterocycles. The van der Waals surface area contributed by atoms with Crippen LogP contribution < -0.4 is 0 Å². The highest BCUT2D eigenvalue weighted by atomic mass is 16.5. The molecule has 0 radical (unpaired) electrons. The molecular weight excluding hydrogens is 332 g/mol. The average Bonchev–Trinajstić information content (AvgIpc) is 2.56. The summed E-state index contributed by atoms with van der Waals surface area (Å²) in [5, 5.41) is 0. The van der Waals surface area contributed by atoms with Crippen molar-refractivity contribution >= 4 is 17.3 Å². The Morgan fingerprint density at radius 2 is 1.92 bits per heavy atom. The van der Waals surface area contributed by atoms with Crippen LogP contribution in [0.4, 0.5) is 0 Å². The molecule has 26 heavy (non-hydrogen) atoms. The fraction of sp³-hybridized carbons (Fsp3) is 0.476. The van der Waals surface area contributed by atoms with Gasteiger partial charge in [-0.2, -0.15) is 0 Å². The SMILES string of the molecule is COC1=C(C(=O)C(C)C)C(=O)C2=C(O[C@](C)(CCC=C(C)C)C=C2)C1=O. The number of carbonyl (C=O) groups is 3. The van der Waals surface area contributed by atoms with Crippen molar-refractivity contribution in [2.24, 2.45) is 5.92 Å². The number of methoxy groups -OCH3 is 1. The fourth-order valence-corrected chi connectivity index (χ4v) is 2.95. The van der Waals surface area contributed by atoms with E-state index < -0.39 is 28.9 Å². The van der Waals surface area contributed by atoms with Gasteiger partial charge in [-0.3, -0.25) is 14.4 Å². The van der Waals surface area contributed by atoms with E-state index in [1.54, 1.807) is 26.0 Å². The topological polar surface area (TPSA) is 69.7 Å². The molecule has 2 aliphatic rings. The zero-order valence-corrected chi connectivity index (χ0v) is 16.3. The minimum Gasteiger partial charge on any atom is -0.492 e. The summed E-state index contributed by atoms with van der Waals surface area (Å²) < 4.78 is 11.1. The molecule has 1 atom stereocenters. The molecule has 0 saturated carbocycles. The van der Waals surface area contributed by atoms with Crippen molar-refractivity contribution in [1.29, 1.82) is 0 Å². The van der Waals surface area contributed by atoms with Gasteiger partial charge in [0.25, 0.3) is 5.78 Å². The quantitative estimate of drug-likeness (QED) is 0.412. The van der Waals surface area contributed by atoms with Gasteiger partial charge < -0.3 is 9.47 Å². The summed E-state index contributed by atoms with van der Waals surface area (Å²) in [7, 11) is 1.28. The number of ketones is 3. The van der Waals surface area contributed by atoms with Gasteiger partial charge in [-0.25, -0.2) is 0 Å². The molecule has 0 amide bonds. The second-order valence-corrected chi connectivity index (χ2v) is 7.40. The van der Waals surface area contributed by atoms with Crippen molar-refractivity contribution in [1.82, 2.24) is 0 Å². The summed E-state index contributed by atoms with van der Waals surface area (Å²) in [4.78, 5) is 38.1. The number of allylic oxidation sites excluding steroid dienone is 5. The Balaban J connectivity index is 2.37. The average molecular weight is 358 g/mol. The lowest BCUT2D eigenvalue weighted by Crippen LogP contribution is -2.37. The summed E-state index contributed by atoms with van der Waals surface area (Å²) in [5.74, 6) is -2.15. The van der Waals surface area contributed by atoms with Crippen molar-refractivity contribution < 1.29 is 23.9 Å². The van der Waals surface area contributed by atoms with Gasteiger partial charge in [0, 0.05) is 5.92 Å². The van der Waals surface area contributed by atoms with E-state index in [0.29, 0.717) is 6.42 Å². The highest BCUT2D eigenvalue weighted by molar-refractivity contribution is 6.35. The predicted molar refractivity (Wildman–Crippen MR) is 98.2 cm³/mol. The maximum Gasteiger partial charge on any atom is 0.263 e. The Morgan fingerprint density at radius 3 is 2.46 bits per heavy atom. The molecule has 1 aliphatic heterocycles. The first-order valence-corrected chi connectivity index (χ1v) is 8.79. The molecule has 5 heteroatoms. The first kappa shape index (κ1) is 19.9. The van der Waals surface area contributed by atoms with Crippen LogP contribution in [-0.4, -0.2) is 30.1 Å². The van der Waals surface area contributed by atoms with E-state index in [9.17, 15) is 14.4 Å². The van der Waals surface area contributed by atoms with Crippen molar-refractivity contribution in [3.8, 4) is 0 Å². The molecule has 0 aromatic rings. The van der Waals surface area contributed by atoms with Crippen LogP contribution in [0.3, 0.4) is 0 Å². The minimum atomic E-state index is -0.695. The lowest BCUT2D eigenvalue weighted by Gasteiger charge is -2.34. The third-order valence-electron chi connectivity index (χ3n) is 4.46. The summed E-state index contributed by atoms with van der Waals surface area (Å²) in [6.45, 7) is 9.27. The van der Waals surface area contributed by atoms with Crippen LogP contribution in [0, 0.1) is 5.92 Å². The van der Waals surface area contributed by atoms with Crippen LogP contribution >= 0.6 is 0 Å². The van der Waals surface area contributed by atoms with Crippen molar-refractivity contribution in [3.63, 3.8) is 0 Å². The molecule has 5 nitrogen and oxygen atoms in total. The van der Waals surface area contributed by atoms with Crippen LogP contribution in [0.5, 0.6) is 0 Å². The fourth-order valence-electron chi connectivity index (χ4n) is 2.95. The van der Waals surface area contributed by atoms with Gasteiger partial charge >= 0.3 is 0 Å². The predicted octanol–water partition coefficient (Wildman–Crippen LogP) is 3.61. The van der Waals surface area contributed by atoms with Crippen molar-refractivity contribution in [2.75, 3.05) is 7.11 Å². The number of rotatable bonds is 6. The zero-order chi connectivity index (χ0) is 19.6. The molecule has 1 aliphatic carbocycles. The first-order chi connectivity index (χ1) is 12.1. The molecule has 0 spiro atoms. The maximum absolute atomic E-state index is 12.8. The number of carbonyl (C=O) groups excluding carboxylic acids is 3. The van der Waals surface area contributed by atoms with Gasteiger partial charge in [-0.1, -0.05) is 25.5 Å². The van der Waals surface area contributed by atoms with E-state index >= 15 is 0 Å². The Bertz CT molecular complexity index is 772. The van der Waals surface area contributed by atoms with E-state index in [1.807, 2.05) is 20.8 Å². The molecule has 0 unspecified atom stereocenters. The molecular formula is C21H26O5. The molecule has 0 bridgehead atoms. The van der Waals surface area contributed by atoms with Crippen LogP contribution in [-0.2, 0) is 23.9 Å². The van der Waals surface area contributed by atoms with Crippen LogP contribution in [0.2, 0.25) is 0 Å². The normalized spacial score (nSPS) is 22.4. The lowest BCUT2D eigenvalue weighted by atomic mass is 9.84. The first-order valence-electron chi connectivity index (χ1n) is 8.79. The van der Waals surface area contributed by atoms with Gasteiger partial charge in [0.15, 0.2) is 17.3 Å². The monoisotopic (exact) mass is 358 g/mol. The van der Waals surface area contributed by atoms with Crippen molar-refractivity contribution in [2.45, 2.75) is 53.1 Å². The molecule has 0 saturated heterocycles. The molecule has 0 aromatic carbocycles. The summed E-state index contributed by atoms with van der Waals surface area (Å²) in [5.41, 5.74) is 0.449. The molecule has 140 valence electrons.